The van der Waals surface area contributed by atoms with E-state index in [-0.39, 0.29) is 45.3 Å². The smallest absolute Gasteiger partial charge is 0.308 e. The molecular formula is C18H24Fe2O. The van der Waals surface area contributed by atoms with Crippen LogP contribution in [0.4, 0.5) is 0 Å². The van der Waals surface area contributed by atoms with E-state index in [9.17, 15) is 4.79 Å². The minimum atomic E-state index is -0.256. The molecule has 0 fully saturated rings. The van der Waals surface area contributed by atoms with Gasteiger partial charge < -0.3 is 4.79 Å². The zero-order chi connectivity index (χ0) is 14.3. The summed E-state index contributed by atoms with van der Waals surface area (Å²) >= 11 is 0. The van der Waals surface area contributed by atoms with E-state index >= 15 is 0 Å². The van der Waals surface area contributed by atoms with Gasteiger partial charge in [0.05, 0.1) is 0 Å². The van der Waals surface area contributed by atoms with Gasteiger partial charge in [-0.3, -0.25) is 0 Å². The second-order valence-corrected chi connectivity index (χ2v) is 5.80. The molecule has 0 aliphatic heterocycles. The Bertz CT molecular complexity index is 462. The first-order valence-corrected chi connectivity index (χ1v) is 6.92. The molecule has 0 N–H and O–H groups in total. The van der Waals surface area contributed by atoms with E-state index in [1.807, 2.05) is 45.0 Å². The Morgan fingerprint density at radius 3 is 1.76 bits per heavy atom. The summed E-state index contributed by atoms with van der Waals surface area (Å²) < 4.78 is 0. The summed E-state index contributed by atoms with van der Waals surface area (Å²) in [5, 5.41) is 0. The molecule has 0 spiro atoms. The summed E-state index contributed by atoms with van der Waals surface area (Å²) in [6.07, 6.45) is 2.48. The fourth-order valence-electron chi connectivity index (χ4n) is 1.83. The van der Waals surface area contributed by atoms with E-state index in [4.69, 9.17) is 0 Å². The number of ketones is 1. The zero-order valence-corrected chi connectivity index (χ0v) is 15.4. The average Bonchev–Trinajstić information content (AvgIpc) is 3.00. The van der Waals surface area contributed by atoms with E-state index in [0.29, 0.717) is 0 Å². The first-order chi connectivity index (χ1) is 8.95. The predicted molar refractivity (Wildman–Crippen MR) is 81.9 cm³/mol. The fourth-order valence-corrected chi connectivity index (χ4v) is 1.83. The van der Waals surface area contributed by atoms with Crippen molar-refractivity contribution in [3.05, 3.63) is 59.7 Å². The maximum atomic E-state index is 11.5. The van der Waals surface area contributed by atoms with Crippen LogP contribution < -0.4 is 0 Å². The molecule has 21 heavy (non-hydrogen) atoms. The quantitative estimate of drug-likeness (QED) is 0.424. The van der Waals surface area contributed by atoms with Gasteiger partial charge in [0, 0.05) is 22.5 Å². The molecule has 0 amide bonds. The van der Waals surface area contributed by atoms with Crippen LogP contribution in [-0.4, -0.2) is 5.78 Å². The second kappa shape index (κ2) is 11.0. The zero-order valence-electron chi connectivity index (χ0n) is 13.1. The number of hydrogen-bond donors (Lipinski definition) is 0. The minimum absolute atomic E-state index is 0. The minimum Gasteiger partial charge on any atom is -0.308 e. The SMILES string of the molecule is CC(C)(C)C(=O)[c-]1cccc1.CCC[c-]1cccc1.[Fe+2].[Fe]. The van der Waals surface area contributed by atoms with Crippen molar-refractivity contribution in [1.82, 2.24) is 0 Å². The van der Waals surface area contributed by atoms with Gasteiger partial charge in [0.25, 0.3) is 0 Å². The molecule has 0 unspecified atom stereocenters. The molecular weight excluding hydrogens is 344 g/mol. The van der Waals surface area contributed by atoms with Crippen molar-refractivity contribution in [2.75, 3.05) is 0 Å². The van der Waals surface area contributed by atoms with Crippen LogP contribution in [0.1, 0.15) is 50.0 Å². The summed E-state index contributed by atoms with van der Waals surface area (Å²) in [6, 6.07) is 16.0. The Morgan fingerprint density at radius 1 is 0.952 bits per heavy atom. The monoisotopic (exact) mass is 368 g/mol. The molecule has 0 bridgehead atoms. The molecule has 0 saturated carbocycles. The van der Waals surface area contributed by atoms with Crippen molar-refractivity contribution in [2.45, 2.75) is 40.5 Å². The van der Waals surface area contributed by atoms with Crippen molar-refractivity contribution in [3.63, 3.8) is 0 Å². The van der Waals surface area contributed by atoms with E-state index in [0.717, 1.165) is 5.56 Å². The van der Waals surface area contributed by atoms with Gasteiger partial charge in [0.2, 0.25) is 0 Å². The molecule has 0 aromatic heterocycles. The summed E-state index contributed by atoms with van der Waals surface area (Å²) in [6.45, 7) is 8.00. The van der Waals surface area contributed by atoms with E-state index in [2.05, 4.69) is 31.2 Å². The van der Waals surface area contributed by atoms with Gasteiger partial charge in [-0.15, -0.1) is 0 Å². The van der Waals surface area contributed by atoms with Crippen LogP contribution in [0.2, 0.25) is 0 Å². The van der Waals surface area contributed by atoms with Crippen molar-refractivity contribution in [3.8, 4) is 0 Å². The van der Waals surface area contributed by atoms with E-state index < -0.39 is 0 Å². The Morgan fingerprint density at radius 2 is 1.38 bits per heavy atom. The summed E-state index contributed by atoms with van der Waals surface area (Å²) in [4.78, 5) is 11.5. The number of aryl methyl sites for hydroxylation is 1. The van der Waals surface area contributed by atoms with Crippen LogP contribution in [0.5, 0.6) is 0 Å². The summed E-state index contributed by atoms with van der Waals surface area (Å²) in [5.41, 5.74) is 2.03. The third kappa shape index (κ3) is 8.43. The maximum Gasteiger partial charge on any atom is 2.00 e. The second-order valence-electron chi connectivity index (χ2n) is 5.80. The van der Waals surface area contributed by atoms with Gasteiger partial charge in [0.1, 0.15) is 5.78 Å². The van der Waals surface area contributed by atoms with E-state index in [1.54, 1.807) is 0 Å². The maximum absolute atomic E-state index is 11.5. The van der Waals surface area contributed by atoms with Crippen LogP contribution >= 0.6 is 0 Å². The van der Waals surface area contributed by atoms with Gasteiger partial charge in [-0.25, -0.2) is 24.3 Å². The molecule has 0 heterocycles. The third-order valence-corrected chi connectivity index (χ3v) is 2.88. The van der Waals surface area contributed by atoms with Crippen LogP contribution in [0.3, 0.4) is 0 Å². The van der Waals surface area contributed by atoms with Gasteiger partial charge in [-0.05, 0) is 0 Å². The molecule has 3 heteroatoms. The van der Waals surface area contributed by atoms with Crippen molar-refractivity contribution in [1.29, 1.82) is 0 Å². The Labute approximate surface area is 150 Å². The van der Waals surface area contributed by atoms with Crippen LogP contribution in [0.25, 0.3) is 0 Å². The number of rotatable bonds is 3. The molecule has 2 aromatic carbocycles. The van der Waals surface area contributed by atoms with Gasteiger partial charge in [-0.1, -0.05) is 46.1 Å². The molecule has 1 nitrogen and oxygen atoms in total. The largest absolute Gasteiger partial charge is 2.00 e. The van der Waals surface area contributed by atoms with Crippen molar-refractivity contribution < 1.29 is 38.9 Å². The molecule has 2 aromatic rings. The molecule has 0 aliphatic carbocycles. The number of carbonyl (C=O) groups is 1. The average molecular weight is 368 g/mol. The van der Waals surface area contributed by atoms with Crippen LogP contribution in [0.15, 0.2) is 48.5 Å². The predicted octanol–water partition coefficient (Wildman–Crippen LogP) is 4.99. The van der Waals surface area contributed by atoms with Gasteiger partial charge in [0.15, 0.2) is 0 Å². The molecule has 118 valence electrons. The first-order valence-electron chi connectivity index (χ1n) is 6.92. The standard InChI is InChI=1S/C10H13O.C8H11.2Fe/c1-10(2,3)9(11)8-6-4-5-7-8;1-2-5-8-6-3-4-7-8;;/h4-7H,1-3H3;3-4,6-7H,2,5H2,1H3;;/q2*-1;;+2. The van der Waals surface area contributed by atoms with E-state index in [1.165, 1.54) is 18.4 Å². The fraction of sp³-hybridized carbons (Fsp3) is 0.389. The van der Waals surface area contributed by atoms with Gasteiger partial charge in [-0.2, -0.15) is 29.8 Å². The molecule has 2 rings (SSSR count). The number of carbonyl (C=O) groups excluding carboxylic acids is 1. The van der Waals surface area contributed by atoms with Crippen LogP contribution in [0, 0.1) is 5.41 Å². The third-order valence-electron chi connectivity index (χ3n) is 2.88. The summed E-state index contributed by atoms with van der Waals surface area (Å²) in [5.74, 6) is 0.211. The Balaban J connectivity index is 0. The van der Waals surface area contributed by atoms with Gasteiger partial charge >= 0.3 is 17.1 Å². The van der Waals surface area contributed by atoms with Crippen molar-refractivity contribution >= 4 is 5.78 Å². The topological polar surface area (TPSA) is 17.1 Å². The number of Topliss-reactive ketones (excluding diaryl/α,β-unsaturated/α-hetero) is 1. The first kappa shape index (κ1) is 22.7. The van der Waals surface area contributed by atoms with Crippen molar-refractivity contribution in [2.24, 2.45) is 5.41 Å². The summed E-state index contributed by atoms with van der Waals surface area (Å²) in [7, 11) is 0. The van der Waals surface area contributed by atoms with Crippen LogP contribution in [-0.2, 0) is 40.6 Å². The molecule has 0 radical (unpaired) electrons. The normalized spacial score (nSPS) is 9.71. The Kier molecular flexibility index (Phi) is 11.9. The molecule has 0 saturated heterocycles. The molecule has 0 aliphatic rings. The Hall–Kier alpha value is -0.591. The number of hydrogen-bond acceptors (Lipinski definition) is 1. The molecule has 0 atom stereocenters.